The second kappa shape index (κ2) is 6.49. The van der Waals surface area contributed by atoms with Gasteiger partial charge >= 0.3 is 0 Å². The molecule has 0 radical (unpaired) electrons. The molecule has 1 fully saturated rings. The quantitative estimate of drug-likeness (QED) is 0.883. The average Bonchev–Trinajstić information content (AvgIpc) is 2.35. The van der Waals surface area contributed by atoms with Crippen molar-refractivity contribution in [3.8, 4) is 0 Å². The summed E-state index contributed by atoms with van der Waals surface area (Å²) < 4.78 is 13.6. The molecule has 0 aromatic heterocycles. The number of rotatable bonds is 2. The predicted octanol–water partition coefficient (Wildman–Crippen LogP) is 3.02. The minimum absolute atomic E-state index is 0.0609. The molecule has 1 atom stereocenters. The third-order valence-corrected chi connectivity index (χ3v) is 3.92. The molecule has 1 N–H and O–H groups in total. The molecule has 1 aromatic rings. The molecule has 19 heavy (non-hydrogen) atoms. The van der Waals surface area contributed by atoms with E-state index in [1.54, 1.807) is 0 Å². The van der Waals surface area contributed by atoms with Gasteiger partial charge in [-0.2, -0.15) is 0 Å². The Labute approximate surface area is 116 Å². The second-order valence-corrected chi connectivity index (χ2v) is 5.82. The molecule has 0 saturated carbocycles. The number of benzene rings is 1. The smallest absolute Gasteiger partial charge is 0.129 e. The number of hydrogen-bond acceptors (Lipinski definition) is 2. The normalized spacial score (nSPS) is 22.0. The van der Waals surface area contributed by atoms with Crippen LogP contribution >= 0.6 is 0 Å². The summed E-state index contributed by atoms with van der Waals surface area (Å²) in [5, 5.41) is 3.52. The Morgan fingerprint density at radius 1 is 1.26 bits per heavy atom. The average molecular weight is 264 g/mol. The van der Waals surface area contributed by atoms with Gasteiger partial charge in [-0.25, -0.2) is 4.39 Å². The number of halogens is 1. The Balaban J connectivity index is 2.03. The van der Waals surface area contributed by atoms with Crippen LogP contribution in [0.25, 0.3) is 0 Å². The SMILES string of the molecule is Cc1cc(CN2CCCNC(C)CC2)cc(C)c1F. The van der Waals surface area contributed by atoms with E-state index in [1.807, 2.05) is 26.0 Å². The van der Waals surface area contributed by atoms with Crippen LogP contribution in [0.4, 0.5) is 4.39 Å². The molecular formula is C16H25FN2. The fourth-order valence-electron chi connectivity index (χ4n) is 2.78. The van der Waals surface area contributed by atoms with Crippen LogP contribution in [0.15, 0.2) is 12.1 Å². The molecule has 0 aliphatic carbocycles. The molecule has 1 aromatic carbocycles. The number of aryl methyl sites for hydroxylation is 2. The Kier molecular flexibility index (Phi) is 4.94. The third kappa shape index (κ3) is 4.02. The summed E-state index contributed by atoms with van der Waals surface area (Å²) in [4.78, 5) is 2.49. The van der Waals surface area contributed by atoms with Gasteiger partial charge < -0.3 is 5.32 Å². The first-order valence-electron chi connectivity index (χ1n) is 7.27. The Morgan fingerprint density at radius 3 is 2.63 bits per heavy atom. The highest BCUT2D eigenvalue weighted by atomic mass is 19.1. The molecule has 1 unspecified atom stereocenters. The van der Waals surface area contributed by atoms with Crippen molar-refractivity contribution in [2.24, 2.45) is 0 Å². The zero-order chi connectivity index (χ0) is 13.8. The van der Waals surface area contributed by atoms with E-state index in [4.69, 9.17) is 0 Å². The highest BCUT2D eigenvalue weighted by Crippen LogP contribution is 2.17. The van der Waals surface area contributed by atoms with E-state index >= 15 is 0 Å². The minimum Gasteiger partial charge on any atom is -0.314 e. The van der Waals surface area contributed by atoms with E-state index in [-0.39, 0.29) is 5.82 Å². The summed E-state index contributed by atoms with van der Waals surface area (Å²) in [7, 11) is 0. The van der Waals surface area contributed by atoms with Crippen molar-refractivity contribution in [3.05, 3.63) is 34.6 Å². The van der Waals surface area contributed by atoms with Gasteiger partial charge in [0.05, 0.1) is 0 Å². The third-order valence-electron chi connectivity index (χ3n) is 3.92. The zero-order valence-corrected chi connectivity index (χ0v) is 12.3. The second-order valence-electron chi connectivity index (χ2n) is 5.82. The van der Waals surface area contributed by atoms with Crippen molar-refractivity contribution in [1.82, 2.24) is 10.2 Å². The fourth-order valence-corrected chi connectivity index (χ4v) is 2.78. The molecule has 2 nitrogen and oxygen atoms in total. The maximum absolute atomic E-state index is 13.6. The van der Waals surface area contributed by atoms with Gasteiger partial charge in [0.2, 0.25) is 0 Å². The maximum atomic E-state index is 13.6. The van der Waals surface area contributed by atoms with E-state index in [0.717, 1.165) is 37.3 Å². The lowest BCUT2D eigenvalue weighted by molar-refractivity contribution is 0.229. The van der Waals surface area contributed by atoms with Crippen LogP contribution in [-0.2, 0) is 6.54 Å². The van der Waals surface area contributed by atoms with E-state index in [1.165, 1.54) is 18.4 Å². The molecule has 0 amide bonds. The molecule has 1 aliphatic rings. The lowest BCUT2D eigenvalue weighted by Crippen LogP contribution is -2.38. The number of hydrogen-bond donors (Lipinski definition) is 1. The van der Waals surface area contributed by atoms with Gasteiger partial charge in [-0.3, -0.25) is 4.90 Å². The highest BCUT2D eigenvalue weighted by molar-refractivity contribution is 5.30. The summed E-state index contributed by atoms with van der Waals surface area (Å²) in [6, 6.07) is 4.57. The van der Waals surface area contributed by atoms with Crippen LogP contribution in [-0.4, -0.2) is 30.6 Å². The first-order chi connectivity index (χ1) is 9.06. The van der Waals surface area contributed by atoms with Crippen molar-refractivity contribution >= 4 is 0 Å². The fraction of sp³-hybridized carbons (Fsp3) is 0.625. The Hall–Kier alpha value is -0.930. The monoisotopic (exact) mass is 264 g/mol. The largest absolute Gasteiger partial charge is 0.314 e. The molecule has 0 spiro atoms. The number of nitrogens with one attached hydrogen (secondary N) is 1. The predicted molar refractivity (Wildman–Crippen MR) is 77.8 cm³/mol. The zero-order valence-electron chi connectivity index (χ0n) is 12.3. The molecule has 0 bridgehead atoms. The van der Waals surface area contributed by atoms with E-state index in [0.29, 0.717) is 6.04 Å². The van der Waals surface area contributed by atoms with Gasteiger partial charge in [-0.1, -0.05) is 12.1 Å². The standard InChI is InChI=1S/C16H25FN2/c1-12-9-15(10-13(2)16(12)17)11-19-7-4-6-18-14(3)5-8-19/h9-10,14,18H,4-8,11H2,1-3H3. The van der Waals surface area contributed by atoms with Crippen LogP contribution in [0, 0.1) is 19.7 Å². The van der Waals surface area contributed by atoms with E-state index < -0.39 is 0 Å². The van der Waals surface area contributed by atoms with Crippen molar-refractivity contribution in [2.45, 2.75) is 46.2 Å². The molecule has 1 aliphatic heterocycles. The minimum atomic E-state index is -0.0609. The van der Waals surface area contributed by atoms with Gasteiger partial charge in [0, 0.05) is 12.6 Å². The van der Waals surface area contributed by atoms with Crippen LogP contribution in [0.3, 0.4) is 0 Å². The summed E-state index contributed by atoms with van der Waals surface area (Å²) in [6.45, 7) is 10.2. The summed E-state index contributed by atoms with van der Waals surface area (Å²) in [5.74, 6) is -0.0609. The lowest BCUT2D eigenvalue weighted by atomic mass is 10.1. The first-order valence-corrected chi connectivity index (χ1v) is 7.27. The topological polar surface area (TPSA) is 15.3 Å². The molecule has 106 valence electrons. The molecular weight excluding hydrogens is 239 g/mol. The van der Waals surface area contributed by atoms with Gasteiger partial charge in [0.15, 0.2) is 0 Å². The van der Waals surface area contributed by atoms with E-state index in [9.17, 15) is 4.39 Å². The summed E-state index contributed by atoms with van der Waals surface area (Å²) in [6.07, 6.45) is 2.36. The Morgan fingerprint density at radius 2 is 1.95 bits per heavy atom. The van der Waals surface area contributed by atoms with Gasteiger partial charge in [-0.05, 0) is 69.9 Å². The summed E-state index contributed by atoms with van der Waals surface area (Å²) >= 11 is 0. The van der Waals surface area contributed by atoms with Crippen LogP contribution in [0.1, 0.15) is 36.5 Å². The number of nitrogens with zero attached hydrogens (tertiary/aromatic N) is 1. The Bertz CT molecular complexity index is 408. The van der Waals surface area contributed by atoms with E-state index in [2.05, 4.69) is 17.1 Å². The van der Waals surface area contributed by atoms with Crippen LogP contribution in [0.5, 0.6) is 0 Å². The molecule has 1 saturated heterocycles. The van der Waals surface area contributed by atoms with Gasteiger partial charge in [0.25, 0.3) is 0 Å². The maximum Gasteiger partial charge on any atom is 0.129 e. The first kappa shape index (κ1) is 14.5. The molecule has 3 heteroatoms. The van der Waals surface area contributed by atoms with Crippen molar-refractivity contribution in [2.75, 3.05) is 19.6 Å². The van der Waals surface area contributed by atoms with Crippen molar-refractivity contribution < 1.29 is 4.39 Å². The van der Waals surface area contributed by atoms with Gasteiger partial charge in [0.1, 0.15) is 5.82 Å². The van der Waals surface area contributed by atoms with Crippen LogP contribution in [0.2, 0.25) is 0 Å². The van der Waals surface area contributed by atoms with Crippen molar-refractivity contribution in [1.29, 1.82) is 0 Å². The summed E-state index contributed by atoms with van der Waals surface area (Å²) in [5.41, 5.74) is 2.76. The van der Waals surface area contributed by atoms with Crippen molar-refractivity contribution in [3.63, 3.8) is 0 Å². The molecule has 1 heterocycles. The lowest BCUT2D eigenvalue weighted by Gasteiger charge is -2.28. The molecule has 2 rings (SSSR count). The highest BCUT2D eigenvalue weighted by Gasteiger charge is 2.13. The van der Waals surface area contributed by atoms with Crippen LogP contribution < -0.4 is 5.32 Å². The van der Waals surface area contributed by atoms with Gasteiger partial charge in [-0.15, -0.1) is 0 Å².